The van der Waals surface area contributed by atoms with E-state index >= 15 is 0 Å². The fourth-order valence-corrected chi connectivity index (χ4v) is 2.12. The third-order valence-electron chi connectivity index (χ3n) is 2.77. The van der Waals surface area contributed by atoms with Crippen LogP contribution < -0.4 is 4.90 Å². The normalized spacial score (nSPS) is 19.1. The summed E-state index contributed by atoms with van der Waals surface area (Å²) in [4.78, 5) is 16.8. The molecule has 0 saturated carbocycles. The van der Waals surface area contributed by atoms with Gasteiger partial charge in [0.1, 0.15) is 17.9 Å². The Hall–Kier alpha value is -1.80. The van der Waals surface area contributed by atoms with E-state index in [1.807, 2.05) is 6.07 Å². The fourth-order valence-electron chi connectivity index (χ4n) is 1.97. The van der Waals surface area contributed by atoms with E-state index in [1.54, 1.807) is 17.0 Å². The summed E-state index contributed by atoms with van der Waals surface area (Å²) in [6, 6.07) is 4.54. The highest BCUT2D eigenvalue weighted by molar-refractivity contribution is 6.31. The molecule has 1 aliphatic rings. The van der Waals surface area contributed by atoms with Crippen molar-refractivity contribution in [2.45, 2.75) is 18.9 Å². The molecule has 1 fully saturated rings. The molecule has 1 aliphatic heterocycles. The highest BCUT2D eigenvalue weighted by atomic mass is 35.5. The summed E-state index contributed by atoms with van der Waals surface area (Å²) in [5.74, 6) is -0.367. The van der Waals surface area contributed by atoms with Gasteiger partial charge in [0.2, 0.25) is 0 Å². The molecule has 1 aromatic heterocycles. The molecule has 0 bridgehead atoms. The van der Waals surface area contributed by atoms with Gasteiger partial charge in [-0.3, -0.25) is 0 Å². The maximum atomic E-state index is 11.0. The van der Waals surface area contributed by atoms with Gasteiger partial charge in [-0.2, -0.15) is 5.26 Å². The van der Waals surface area contributed by atoms with E-state index in [0.717, 1.165) is 6.42 Å². The van der Waals surface area contributed by atoms with Gasteiger partial charge in [-0.25, -0.2) is 9.78 Å². The van der Waals surface area contributed by atoms with Crippen molar-refractivity contribution in [3.05, 3.63) is 22.8 Å². The lowest BCUT2D eigenvalue weighted by Gasteiger charge is -2.22. The zero-order chi connectivity index (χ0) is 12.4. The van der Waals surface area contributed by atoms with Crippen LogP contribution in [0.2, 0.25) is 5.02 Å². The van der Waals surface area contributed by atoms with Crippen molar-refractivity contribution in [2.75, 3.05) is 11.4 Å². The first-order valence-corrected chi connectivity index (χ1v) is 5.57. The van der Waals surface area contributed by atoms with Crippen LogP contribution in [0.3, 0.4) is 0 Å². The van der Waals surface area contributed by atoms with Gasteiger partial charge in [0, 0.05) is 6.54 Å². The maximum Gasteiger partial charge on any atom is 0.326 e. The standard InChI is InChI=1S/C11H10ClN3O2/c12-7-3-4-10(14-8(7)6-13)15-5-1-2-9(15)11(16)17/h3-4,9H,1-2,5H2,(H,16,17)/t9-/m1/s1. The number of nitrogens with zero attached hydrogens (tertiary/aromatic N) is 3. The molecule has 88 valence electrons. The molecule has 0 spiro atoms. The quantitative estimate of drug-likeness (QED) is 0.865. The summed E-state index contributed by atoms with van der Waals surface area (Å²) in [5.41, 5.74) is 0.125. The average molecular weight is 252 g/mol. The Bertz CT molecular complexity index is 498. The Morgan fingerprint density at radius 1 is 1.65 bits per heavy atom. The zero-order valence-corrected chi connectivity index (χ0v) is 9.68. The lowest BCUT2D eigenvalue weighted by atomic mass is 10.2. The molecule has 0 amide bonds. The first kappa shape index (κ1) is 11.7. The third kappa shape index (κ3) is 2.17. The number of halogens is 1. The van der Waals surface area contributed by atoms with Gasteiger partial charge >= 0.3 is 5.97 Å². The molecule has 0 radical (unpaired) electrons. The SMILES string of the molecule is N#Cc1nc(N2CCC[C@@H]2C(=O)O)ccc1Cl. The highest BCUT2D eigenvalue weighted by Gasteiger charge is 2.31. The Kier molecular flexibility index (Phi) is 3.16. The lowest BCUT2D eigenvalue weighted by molar-refractivity contribution is -0.138. The monoisotopic (exact) mass is 251 g/mol. The minimum Gasteiger partial charge on any atom is -0.480 e. The highest BCUT2D eigenvalue weighted by Crippen LogP contribution is 2.26. The summed E-state index contributed by atoms with van der Waals surface area (Å²) in [6.07, 6.45) is 1.41. The summed E-state index contributed by atoms with van der Waals surface area (Å²) in [7, 11) is 0. The van der Waals surface area contributed by atoms with Gasteiger partial charge in [-0.05, 0) is 25.0 Å². The van der Waals surface area contributed by atoms with Gasteiger partial charge in [0.05, 0.1) is 5.02 Å². The second-order valence-electron chi connectivity index (χ2n) is 3.80. The number of nitriles is 1. The molecular weight excluding hydrogens is 242 g/mol. The van der Waals surface area contributed by atoms with Crippen LogP contribution in [0, 0.1) is 11.3 Å². The van der Waals surface area contributed by atoms with Crippen LogP contribution in [0.25, 0.3) is 0 Å². The van der Waals surface area contributed by atoms with Crippen LogP contribution in [0.4, 0.5) is 5.82 Å². The molecule has 2 heterocycles. The predicted octanol–water partition coefficient (Wildman–Crippen LogP) is 1.66. The number of carbonyl (C=O) groups is 1. The maximum absolute atomic E-state index is 11.0. The van der Waals surface area contributed by atoms with Gasteiger partial charge in [0.15, 0.2) is 5.69 Å². The number of anilines is 1. The van der Waals surface area contributed by atoms with Crippen LogP contribution in [0.1, 0.15) is 18.5 Å². The van der Waals surface area contributed by atoms with E-state index in [-0.39, 0.29) is 10.7 Å². The second-order valence-corrected chi connectivity index (χ2v) is 4.21. The molecule has 17 heavy (non-hydrogen) atoms. The molecule has 2 rings (SSSR count). The molecule has 0 aromatic carbocycles. The van der Waals surface area contributed by atoms with Crippen LogP contribution in [0.5, 0.6) is 0 Å². The smallest absolute Gasteiger partial charge is 0.326 e. The Morgan fingerprint density at radius 2 is 2.41 bits per heavy atom. The Morgan fingerprint density at radius 3 is 3.06 bits per heavy atom. The molecule has 5 nitrogen and oxygen atoms in total. The van der Waals surface area contributed by atoms with Gasteiger partial charge in [-0.15, -0.1) is 0 Å². The molecule has 1 N–H and O–H groups in total. The first-order chi connectivity index (χ1) is 8.13. The molecule has 6 heteroatoms. The van der Waals surface area contributed by atoms with Crippen molar-refractivity contribution in [3.63, 3.8) is 0 Å². The van der Waals surface area contributed by atoms with Crippen molar-refractivity contribution in [3.8, 4) is 6.07 Å². The number of carboxylic acid groups (broad SMARTS) is 1. The average Bonchev–Trinajstić information content (AvgIpc) is 2.78. The van der Waals surface area contributed by atoms with Crippen LogP contribution >= 0.6 is 11.6 Å². The lowest BCUT2D eigenvalue weighted by Crippen LogP contribution is -2.36. The minimum atomic E-state index is -0.863. The van der Waals surface area contributed by atoms with Crippen molar-refractivity contribution >= 4 is 23.4 Å². The first-order valence-electron chi connectivity index (χ1n) is 5.19. The molecule has 1 saturated heterocycles. The number of aromatic nitrogens is 1. The number of hydrogen-bond acceptors (Lipinski definition) is 4. The zero-order valence-electron chi connectivity index (χ0n) is 8.93. The van der Waals surface area contributed by atoms with Crippen molar-refractivity contribution in [1.82, 2.24) is 4.98 Å². The summed E-state index contributed by atoms with van der Waals surface area (Å²) in [5, 5.41) is 18.2. The molecule has 0 unspecified atom stereocenters. The van der Waals surface area contributed by atoms with E-state index in [4.69, 9.17) is 22.0 Å². The Labute approximate surface area is 103 Å². The molecule has 1 atom stereocenters. The van der Waals surface area contributed by atoms with E-state index in [9.17, 15) is 4.79 Å². The molecule has 1 aromatic rings. The van der Waals surface area contributed by atoms with E-state index in [1.165, 1.54) is 0 Å². The van der Waals surface area contributed by atoms with Gasteiger partial charge < -0.3 is 10.0 Å². The largest absolute Gasteiger partial charge is 0.480 e. The number of rotatable bonds is 2. The predicted molar refractivity (Wildman–Crippen MR) is 62.0 cm³/mol. The summed E-state index contributed by atoms with van der Waals surface area (Å²) >= 11 is 5.78. The summed E-state index contributed by atoms with van der Waals surface area (Å²) < 4.78 is 0. The van der Waals surface area contributed by atoms with E-state index in [0.29, 0.717) is 18.8 Å². The van der Waals surface area contributed by atoms with Crippen molar-refractivity contribution in [2.24, 2.45) is 0 Å². The fraction of sp³-hybridized carbons (Fsp3) is 0.364. The van der Waals surface area contributed by atoms with Crippen LogP contribution in [-0.4, -0.2) is 28.6 Å². The topological polar surface area (TPSA) is 77.2 Å². The van der Waals surface area contributed by atoms with Crippen LogP contribution in [0.15, 0.2) is 12.1 Å². The second kappa shape index (κ2) is 4.60. The van der Waals surface area contributed by atoms with Gasteiger partial charge in [0.25, 0.3) is 0 Å². The molecule has 0 aliphatic carbocycles. The van der Waals surface area contributed by atoms with Gasteiger partial charge in [-0.1, -0.05) is 11.6 Å². The van der Waals surface area contributed by atoms with E-state index < -0.39 is 12.0 Å². The Balaban J connectivity index is 2.34. The number of carboxylic acids is 1. The number of pyridine rings is 1. The van der Waals surface area contributed by atoms with Crippen LogP contribution in [-0.2, 0) is 4.79 Å². The van der Waals surface area contributed by atoms with E-state index in [2.05, 4.69) is 4.98 Å². The van der Waals surface area contributed by atoms with Crippen molar-refractivity contribution < 1.29 is 9.90 Å². The summed E-state index contributed by atoms with van der Waals surface area (Å²) in [6.45, 7) is 0.635. The number of hydrogen-bond donors (Lipinski definition) is 1. The number of aliphatic carboxylic acids is 1. The van der Waals surface area contributed by atoms with Crippen molar-refractivity contribution in [1.29, 1.82) is 5.26 Å². The molecular formula is C11H10ClN3O2. The minimum absolute atomic E-state index is 0.125. The third-order valence-corrected chi connectivity index (χ3v) is 3.07.